The van der Waals surface area contributed by atoms with Gasteiger partial charge in [-0.25, -0.2) is 4.98 Å². The Morgan fingerprint density at radius 2 is 2.25 bits per heavy atom. The van der Waals surface area contributed by atoms with E-state index in [9.17, 15) is 0 Å². The Hall–Kier alpha value is -0.730. The van der Waals surface area contributed by atoms with E-state index < -0.39 is 0 Å². The number of fused-ring (bicyclic) bond motifs is 1. The van der Waals surface area contributed by atoms with Crippen molar-refractivity contribution in [2.75, 3.05) is 0 Å². The first-order valence-electron chi connectivity index (χ1n) is 3.49. The van der Waals surface area contributed by atoms with Crippen molar-refractivity contribution in [1.29, 1.82) is 0 Å². The van der Waals surface area contributed by atoms with Crippen LogP contribution in [0.2, 0.25) is 5.15 Å². The number of pyridine rings is 1. The molecule has 0 bridgehead atoms. The number of rotatable bonds is 1. The van der Waals surface area contributed by atoms with Gasteiger partial charge in [0.05, 0.1) is 5.88 Å². The molecule has 0 aromatic carbocycles. The van der Waals surface area contributed by atoms with Crippen molar-refractivity contribution in [1.82, 2.24) is 9.38 Å². The molecule has 62 valence electrons. The minimum absolute atomic E-state index is 0.456. The molecule has 0 spiro atoms. The highest BCUT2D eigenvalue weighted by atomic mass is 35.5. The summed E-state index contributed by atoms with van der Waals surface area (Å²) in [5, 5.41) is 0.649. The van der Waals surface area contributed by atoms with Gasteiger partial charge in [0.25, 0.3) is 0 Å². The van der Waals surface area contributed by atoms with Crippen LogP contribution in [0.15, 0.2) is 24.5 Å². The summed E-state index contributed by atoms with van der Waals surface area (Å²) in [6.07, 6.45) is 3.52. The van der Waals surface area contributed by atoms with Gasteiger partial charge in [0.2, 0.25) is 0 Å². The van der Waals surface area contributed by atoms with Crippen molar-refractivity contribution in [2.45, 2.75) is 5.88 Å². The smallest absolute Gasteiger partial charge is 0.142 e. The summed E-state index contributed by atoms with van der Waals surface area (Å²) in [7, 11) is 0. The Kier molecular flexibility index (Phi) is 1.95. The fourth-order valence-corrected chi connectivity index (χ4v) is 1.55. The third kappa shape index (κ3) is 1.08. The predicted octanol–water partition coefficient (Wildman–Crippen LogP) is 2.73. The second-order valence-electron chi connectivity index (χ2n) is 2.44. The molecule has 0 fully saturated rings. The van der Waals surface area contributed by atoms with Crippen LogP contribution in [0, 0.1) is 0 Å². The third-order valence-electron chi connectivity index (χ3n) is 1.72. The molecule has 2 aromatic heterocycles. The van der Waals surface area contributed by atoms with Gasteiger partial charge in [0, 0.05) is 18.0 Å². The third-order valence-corrected chi connectivity index (χ3v) is 2.32. The van der Waals surface area contributed by atoms with Gasteiger partial charge >= 0.3 is 0 Å². The fraction of sp³-hybridized carbons (Fsp3) is 0.125. The second-order valence-corrected chi connectivity index (χ2v) is 3.09. The lowest BCUT2D eigenvalue weighted by molar-refractivity contribution is 1.16. The van der Waals surface area contributed by atoms with Crippen molar-refractivity contribution in [3.8, 4) is 0 Å². The van der Waals surface area contributed by atoms with Gasteiger partial charge in [-0.2, -0.15) is 0 Å². The molecule has 0 unspecified atom stereocenters. The van der Waals surface area contributed by atoms with Crippen molar-refractivity contribution in [3.63, 3.8) is 0 Å². The van der Waals surface area contributed by atoms with E-state index in [0.29, 0.717) is 11.0 Å². The van der Waals surface area contributed by atoms with Crippen molar-refractivity contribution in [3.05, 3.63) is 35.2 Å². The summed E-state index contributed by atoms with van der Waals surface area (Å²) < 4.78 is 1.80. The number of imidazole rings is 1. The number of hydrogen-bond acceptors (Lipinski definition) is 1. The van der Waals surface area contributed by atoms with E-state index in [-0.39, 0.29) is 0 Å². The van der Waals surface area contributed by atoms with Crippen LogP contribution in [0.5, 0.6) is 0 Å². The van der Waals surface area contributed by atoms with Crippen molar-refractivity contribution >= 4 is 28.8 Å². The molecule has 2 rings (SSSR count). The van der Waals surface area contributed by atoms with E-state index in [4.69, 9.17) is 23.2 Å². The number of halogens is 2. The molecule has 0 N–H and O–H groups in total. The van der Waals surface area contributed by atoms with Crippen LogP contribution in [0.4, 0.5) is 0 Å². The molecule has 2 aromatic rings. The van der Waals surface area contributed by atoms with Gasteiger partial charge in [0.1, 0.15) is 10.8 Å². The molecule has 2 nitrogen and oxygen atoms in total. The molecule has 0 amide bonds. The summed E-state index contributed by atoms with van der Waals surface area (Å²) in [5.74, 6) is 0.456. The quantitative estimate of drug-likeness (QED) is 0.512. The van der Waals surface area contributed by atoms with Gasteiger partial charge in [-0.1, -0.05) is 17.7 Å². The maximum atomic E-state index is 5.91. The number of alkyl halides is 1. The van der Waals surface area contributed by atoms with Gasteiger partial charge in [-0.05, 0) is 6.07 Å². The predicted molar refractivity (Wildman–Crippen MR) is 49.8 cm³/mol. The monoisotopic (exact) mass is 200 g/mol. The SMILES string of the molecule is ClCc1ccc(Cl)n2ccnc12. The van der Waals surface area contributed by atoms with Crippen LogP contribution < -0.4 is 0 Å². The van der Waals surface area contributed by atoms with E-state index in [1.54, 1.807) is 10.6 Å². The molecule has 0 saturated carbocycles. The fourth-order valence-electron chi connectivity index (χ4n) is 1.14. The normalized spacial score (nSPS) is 10.8. The van der Waals surface area contributed by atoms with E-state index in [2.05, 4.69) is 4.98 Å². The zero-order valence-corrected chi connectivity index (χ0v) is 7.68. The van der Waals surface area contributed by atoms with Crippen LogP contribution >= 0.6 is 23.2 Å². The molecule has 0 atom stereocenters. The number of aromatic nitrogens is 2. The summed E-state index contributed by atoms with van der Waals surface area (Å²) in [4.78, 5) is 4.14. The van der Waals surface area contributed by atoms with Gasteiger partial charge in [-0.3, -0.25) is 4.40 Å². The van der Waals surface area contributed by atoms with Gasteiger partial charge < -0.3 is 0 Å². The Balaban J connectivity index is 2.82. The van der Waals surface area contributed by atoms with Crippen molar-refractivity contribution < 1.29 is 0 Å². The van der Waals surface area contributed by atoms with Crippen LogP contribution in [0.3, 0.4) is 0 Å². The molecular weight excluding hydrogens is 195 g/mol. The lowest BCUT2D eigenvalue weighted by Gasteiger charge is -2.00. The molecule has 4 heteroatoms. The van der Waals surface area contributed by atoms with E-state index in [1.807, 2.05) is 18.3 Å². The molecular formula is C8H6Cl2N2. The van der Waals surface area contributed by atoms with E-state index in [0.717, 1.165) is 11.2 Å². The minimum Gasteiger partial charge on any atom is -0.290 e. The Morgan fingerprint density at radius 1 is 1.42 bits per heavy atom. The Labute approximate surface area is 79.7 Å². The molecule has 0 aliphatic heterocycles. The van der Waals surface area contributed by atoms with Crippen LogP contribution in [0.1, 0.15) is 5.56 Å². The minimum atomic E-state index is 0.456. The zero-order chi connectivity index (χ0) is 8.55. The first-order chi connectivity index (χ1) is 5.83. The van der Waals surface area contributed by atoms with Crippen LogP contribution in [-0.4, -0.2) is 9.38 Å². The lowest BCUT2D eigenvalue weighted by atomic mass is 10.3. The maximum absolute atomic E-state index is 5.91. The topological polar surface area (TPSA) is 17.3 Å². The lowest BCUT2D eigenvalue weighted by Crippen LogP contribution is -1.90. The first-order valence-corrected chi connectivity index (χ1v) is 4.40. The average Bonchev–Trinajstić information content (AvgIpc) is 2.54. The van der Waals surface area contributed by atoms with Crippen LogP contribution in [-0.2, 0) is 5.88 Å². The summed E-state index contributed by atoms with van der Waals surface area (Å²) in [5.41, 5.74) is 1.82. The van der Waals surface area contributed by atoms with Gasteiger partial charge in [-0.15, -0.1) is 11.6 Å². The van der Waals surface area contributed by atoms with Crippen molar-refractivity contribution in [2.24, 2.45) is 0 Å². The van der Waals surface area contributed by atoms with E-state index in [1.165, 1.54) is 0 Å². The summed E-state index contributed by atoms with van der Waals surface area (Å²) >= 11 is 11.6. The Bertz CT molecular complexity index is 408. The number of nitrogens with zero attached hydrogens (tertiary/aromatic N) is 2. The largest absolute Gasteiger partial charge is 0.290 e. The first kappa shape index (κ1) is 7.90. The molecule has 0 radical (unpaired) electrons. The standard InChI is InChI=1S/C8H6Cl2N2/c9-5-6-1-2-7(10)12-4-3-11-8(6)12/h1-4H,5H2. The summed E-state index contributed by atoms with van der Waals surface area (Å²) in [6, 6.07) is 3.70. The molecule has 0 aliphatic carbocycles. The second kappa shape index (κ2) is 2.96. The zero-order valence-electron chi connectivity index (χ0n) is 6.17. The Morgan fingerprint density at radius 3 is 3.00 bits per heavy atom. The molecule has 0 aliphatic rings. The van der Waals surface area contributed by atoms with Gasteiger partial charge in [0.15, 0.2) is 0 Å². The highest BCUT2D eigenvalue weighted by Gasteiger charge is 2.03. The molecule has 0 saturated heterocycles. The highest BCUT2D eigenvalue weighted by molar-refractivity contribution is 6.29. The van der Waals surface area contributed by atoms with E-state index >= 15 is 0 Å². The molecule has 2 heterocycles. The average molecular weight is 201 g/mol. The molecule has 12 heavy (non-hydrogen) atoms. The highest BCUT2D eigenvalue weighted by Crippen LogP contribution is 2.17. The number of hydrogen-bond donors (Lipinski definition) is 0. The summed E-state index contributed by atoms with van der Waals surface area (Å²) in [6.45, 7) is 0. The van der Waals surface area contributed by atoms with Crippen LogP contribution in [0.25, 0.3) is 5.65 Å². The maximum Gasteiger partial charge on any atom is 0.142 e.